The Morgan fingerprint density at radius 3 is 3.00 bits per heavy atom. The van der Waals surface area contributed by atoms with Crippen LogP contribution in [0.4, 0.5) is 0 Å². The number of hydrogen-bond acceptors (Lipinski definition) is 3. The molecule has 1 rings (SSSR count). The molecule has 0 aliphatic carbocycles. The van der Waals surface area contributed by atoms with Crippen molar-refractivity contribution in [3.63, 3.8) is 0 Å². The number of nitrogens with zero attached hydrogens (tertiary/aromatic N) is 1. The molecule has 0 aliphatic rings. The van der Waals surface area contributed by atoms with Gasteiger partial charge in [-0.05, 0) is 17.7 Å². The van der Waals surface area contributed by atoms with Crippen LogP contribution in [0.2, 0.25) is 0 Å². The van der Waals surface area contributed by atoms with Gasteiger partial charge < -0.3 is 5.32 Å². The van der Waals surface area contributed by atoms with E-state index in [1.165, 1.54) is 0 Å². The number of benzene rings is 1. The van der Waals surface area contributed by atoms with Gasteiger partial charge in [-0.15, -0.1) is 0 Å². The molecule has 0 amide bonds. The molecule has 0 aromatic heterocycles. The summed E-state index contributed by atoms with van der Waals surface area (Å²) in [4.78, 5) is 0. The van der Waals surface area contributed by atoms with Gasteiger partial charge in [0.1, 0.15) is 0 Å². The molecule has 1 aromatic rings. The van der Waals surface area contributed by atoms with Crippen LogP contribution in [0.1, 0.15) is 11.1 Å². The second-order valence-electron chi connectivity index (χ2n) is 3.27. The Labute approximate surface area is 92.6 Å². The lowest BCUT2D eigenvalue weighted by molar-refractivity contribution is 0.676. The summed E-state index contributed by atoms with van der Waals surface area (Å²) < 4.78 is 10.8. The smallest absolute Gasteiger partial charge is 0.0991 e. The van der Waals surface area contributed by atoms with Gasteiger partial charge in [0, 0.05) is 35.9 Å². The third kappa shape index (κ3) is 4.73. The molecular weight excluding hydrogens is 208 g/mol. The molecule has 1 aromatic carbocycles. The van der Waals surface area contributed by atoms with E-state index in [9.17, 15) is 4.21 Å². The van der Waals surface area contributed by atoms with E-state index >= 15 is 0 Å². The number of nitrogens with one attached hydrogen (secondary N) is 1. The van der Waals surface area contributed by atoms with E-state index in [4.69, 9.17) is 5.26 Å². The standard InChI is InChI=1S/C11H14N2OS/c1-15(14)6-5-13-9-11-4-2-3-10(7-11)8-12/h2-4,7,13H,5-6,9H2,1H3/t15-/m1/s1. The molecule has 80 valence electrons. The van der Waals surface area contributed by atoms with Crippen molar-refractivity contribution in [3.8, 4) is 6.07 Å². The second kappa shape index (κ2) is 6.33. The fourth-order valence-corrected chi connectivity index (χ4v) is 1.63. The topological polar surface area (TPSA) is 52.9 Å². The maximum atomic E-state index is 10.8. The van der Waals surface area contributed by atoms with Crippen molar-refractivity contribution >= 4 is 10.8 Å². The van der Waals surface area contributed by atoms with Crippen LogP contribution in [0.3, 0.4) is 0 Å². The zero-order chi connectivity index (χ0) is 11.1. The first kappa shape index (κ1) is 11.9. The van der Waals surface area contributed by atoms with Crippen LogP contribution in [-0.4, -0.2) is 22.8 Å². The van der Waals surface area contributed by atoms with Crippen molar-refractivity contribution in [2.24, 2.45) is 0 Å². The number of rotatable bonds is 5. The molecule has 4 heteroatoms. The van der Waals surface area contributed by atoms with E-state index in [-0.39, 0.29) is 0 Å². The quantitative estimate of drug-likeness (QED) is 0.757. The van der Waals surface area contributed by atoms with Crippen LogP contribution >= 0.6 is 0 Å². The molecule has 0 unspecified atom stereocenters. The summed E-state index contributed by atoms with van der Waals surface area (Å²) in [5, 5.41) is 11.9. The first-order valence-corrected chi connectivity index (χ1v) is 6.45. The SMILES string of the molecule is C[S@@](=O)CCNCc1cccc(C#N)c1. The van der Waals surface area contributed by atoms with Crippen molar-refractivity contribution in [1.82, 2.24) is 5.32 Å². The van der Waals surface area contributed by atoms with E-state index in [2.05, 4.69) is 11.4 Å². The zero-order valence-corrected chi connectivity index (χ0v) is 9.51. The summed E-state index contributed by atoms with van der Waals surface area (Å²) in [6, 6.07) is 9.58. The van der Waals surface area contributed by atoms with Crippen LogP contribution in [0.15, 0.2) is 24.3 Å². The Morgan fingerprint density at radius 1 is 1.53 bits per heavy atom. The van der Waals surface area contributed by atoms with Crippen LogP contribution in [0.5, 0.6) is 0 Å². The average Bonchev–Trinajstić information content (AvgIpc) is 2.24. The summed E-state index contributed by atoms with van der Waals surface area (Å²) in [7, 11) is -0.744. The minimum absolute atomic E-state index is 0.665. The van der Waals surface area contributed by atoms with Gasteiger partial charge in [0.05, 0.1) is 11.6 Å². The highest BCUT2D eigenvalue weighted by molar-refractivity contribution is 7.84. The molecule has 15 heavy (non-hydrogen) atoms. The van der Waals surface area contributed by atoms with Gasteiger partial charge in [0.15, 0.2) is 0 Å². The monoisotopic (exact) mass is 222 g/mol. The van der Waals surface area contributed by atoms with Gasteiger partial charge in [-0.3, -0.25) is 4.21 Å². The maximum absolute atomic E-state index is 10.8. The Bertz CT molecular complexity index is 384. The highest BCUT2D eigenvalue weighted by Gasteiger charge is 1.95. The summed E-state index contributed by atoms with van der Waals surface area (Å²) in [5.41, 5.74) is 1.75. The predicted octanol–water partition coefficient (Wildman–Crippen LogP) is 1.03. The minimum Gasteiger partial charge on any atom is -0.312 e. The first-order valence-electron chi connectivity index (χ1n) is 4.72. The summed E-state index contributed by atoms with van der Waals surface area (Å²) >= 11 is 0. The van der Waals surface area contributed by atoms with E-state index in [1.807, 2.05) is 18.2 Å². The highest BCUT2D eigenvalue weighted by Crippen LogP contribution is 2.03. The zero-order valence-electron chi connectivity index (χ0n) is 8.69. The molecule has 0 saturated heterocycles. The number of hydrogen-bond donors (Lipinski definition) is 1. The summed E-state index contributed by atoms with van der Waals surface area (Å²) in [6.45, 7) is 1.45. The van der Waals surface area contributed by atoms with Crippen LogP contribution < -0.4 is 5.32 Å². The molecule has 0 aliphatic heterocycles. The van der Waals surface area contributed by atoms with Crippen LogP contribution in [0, 0.1) is 11.3 Å². The summed E-state index contributed by atoms with van der Waals surface area (Å²) in [5.74, 6) is 0.665. The molecule has 0 radical (unpaired) electrons. The van der Waals surface area contributed by atoms with Crippen molar-refractivity contribution < 1.29 is 4.21 Å². The van der Waals surface area contributed by atoms with Gasteiger partial charge in [0.2, 0.25) is 0 Å². The van der Waals surface area contributed by atoms with Gasteiger partial charge in [0.25, 0.3) is 0 Å². The van der Waals surface area contributed by atoms with Crippen molar-refractivity contribution in [3.05, 3.63) is 35.4 Å². The van der Waals surface area contributed by atoms with Crippen LogP contribution in [-0.2, 0) is 17.3 Å². The number of nitriles is 1. The van der Waals surface area contributed by atoms with Gasteiger partial charge >= 0.3 is 0 Å². The molecule has 1 N–H and O–H groups in total. The highest BCUT2D eigenvalue weighted by atomic mass is 32.2. The van der Waals surface area contributed by atoms with Crippen molar-refractivity contribution in [2.75, 3.05) is 18.6 Å². The van der Waals surface area contributed by atoms with E-state index in [0.29, 0.717) is 17.9 Å². The van der Waals surface area contributed by atoms with Crippen molar-refractivity contribution in [1.29, 1.82) is 5.26 Å². The third-order valence-corrected chi connectivity index (χ3v) is 2.73. The maximum Gasteiger partial charge on any atom is 0.0991 e. The largest absolute Gasteiger partial charge is 0.312 e. The van der Waals surface area contributed by atoms with Crippen molar-refractivity contribution in [2.45, 2.75) is 6.54 Å². The lowest BCUT2D eigenvalue weighted by Gasteiger charge is -2.03. The third-order valence-electron chi connectivity index (χ3n) is 1.95. The minimum atomic E-state index is -0.744. The Kier molecular flexibility index (Phi) is 5.02. The van der Waals surface area contributed by atoms with Gasteiger partial charge in [-0.2, -0.15) is 5.26 Å². The molecule has 3 nitrogen and oxygen atoms in total. The lowest BCUT2D eigenvalue weighted by Crippen LogP contribution is -2.19. The molecule has 0 spiro atoms. The average molecular weight is 222 g/mol. The second-order valence-corrected chi connectivity index (χ2v) is 4.82. The van der Waals surface area contributed by atoms with E-state index < -0.39 is 10.8 Å². The Hall–Kier alpha value is -1.18. The molecule has 1 atom stereocenters. The molecular formula is C11H14N2OS. The van der Waals surface area contributed by atoms with Gasteiger partial charge in [-0.25, -0.2) is 0 Å². The fraction of sp³-hybridized carbons (Fsp3) is 0.364. The Morgan fingerprint density at radius 2 is 2.33 bits per heavy atom. The van der Waals surface area contributed by atoms with E-state index in [1.54, 1.807) is 12.3 Å². The predicted molar refractivity (Wildman–Crippen MR) is 61.8 cm³/mol. The van der Waals surface area contributed by atoms with Crippen LogP contribution in [0.25, 0.3) is 0 Å². The molecule has 0 bridgehead atoms. The van der Waals surface area contributed by atoms with E-state index in [0.717, 1.165) is 12.1 Å². The molecule has 0 saturated carbocycles. The lowest BCUT2D eigenvalue weighted by atomic mass is 10.1. The van der Waals surface area contributed by atoms with Gasteiger partial charge in [-0.1, -0.05) is 12.1 Å². The molecule has 0 heterocycles. The summed E-state index contributed by atoms with van der Waals surface area (Å²) in [6.07, 6.45) is 1.69. The first-order chi connectivity index (χ1) is 7.22. The molecule has 0 fully saturated rings. The Balaban J connectivity index is 2.38. The fourth-order valence-electron chi connectivity index (χ4n) is 1.20. The normalized spacial score (nSPS) is 12.0.